The summed E-state index contributed by atoms with van der Waals surface area (Å²) in [6, 6.07) is 7.37. The van der Waals surface area contributed by atoms with Gasteiger partial charge in [0.25, 0.3) is 0 Å². The van der Waals surface area contributed by atoms with Gasteiger partial charge in [-0.05, 0) is 31.5 Å². The van der Waals surface area contributed by atoms with Gasteiger partial charge in [-0.2, -0.15) is 0 Å². The molecule has 2 amide bonds. The molecule has 0 saturated heterocycles. The zero-order valence-corrected chi connectivity index (χ0v) is 13.1. The molecule has 0 bridgehead atoms. The highest BCUT2D eigenvalue weighted by Crippen LogP contribution is 2.17. The second-order valence-electron chi connectivity index (χ2n) is 5.38. The lowest BCUT2D eigenvalue weighted by molar-refractivity contribution is 0.155. The summed E-state index contributed by atoms with van der Waals surface area (Å²) in [6.07, 6.45) is 5.33. The smallest absolute Gasteiger partial charge is 0.317 e. The van der Waals surface area contributed by atoms with Crippen LogP contribution < -0.4 is 5.32 Å². The Morgan fingerprint density at radius 3 is 2.86 bits per heavy atom. The van der Waals surface area contributed by atoms with Crippen LogP contribution in [0.1, 0.15) is 25.5 Å². The molecule has 0 aliphatic rings. The summed E-state index contributed by atoms with van der Waals surface area (Å²) in [5.74, 6) is 0. The normalized spacial score (nSPS) is 13.5. The van der Waals surface area contributed by atoms with Gasteiger partial charge in [-0.15, -0.1) is 0 Å². The van der Waals surface area contributed by atoms with Crippen molar-refractivity contribution in [2.45, 2.75) is 25.9 Å². The Kier molecular flexibility index (Phi) is 5.16. The maximum Gasteiger partial charge on any atom is 0.317 e. The van der Waals surface area contributed by atoms with Crippen LogP contribution in [-0.4, -0.2) is 45.3 Å². The Bertz CT molecular complexity index is 612. The minimum absolute atomic E-state index is 0.0611. The van der Waals surface area contributed by atoms with Crippen molar-refractivity contribution >= 4 is 6.03 Å². The van der Waals surface area contributed by atoms with Crippen molar-refractivity contribution in [1.29, 1.82) is 0 Å². The second kappa shape index (κ2) is 7.09. The van der Waals surface area contributed by atoms with Crippen molar-refractivity contribution < 1.29 is 9.90 Å². The number of nitrogens with one attached hydrogen (secondary N) is 1. The summed E-state index contributed by atoms with van der Waals surface area (Å²) in [6.45, 7) is 3.67. The largest absolute Gasteiger partial charge is 0.394 e. The van der Waals surface area contributed by atoms with Gasteiger partial charge in [0.05, 0.1) is 25.0 Å². The van der Waals surface area contributed by atoms with E-state index in [4.69, 9.17) is 5.11 Å². The first-order chi connectivity index (χ1) is 10.5. The monoisotopic (exact) mass is 302 g/mol. The number of hydrogen-bond donors (Lipinski definition) is 2. The predicted octanol–water partition coefficient (Wildman–Crippen LogP) is 1.96. The number of carbonyl (C=O) groups is 1. The molecule has 0 aliphatic heterocycles. The fourth-order valence-electron chi connectivity index (χ4n) is 2.06. The summed E-state index contributed by atoms with van der Waals surface area (Å²) < 4.78 is 1.91. The number of rotatable bonds is 5. The number of nitrogens with zero attached hydrogens (tertiary/aromatic N) is 3. The van der Waals surface area contributed by atoms with Gasteiger partial charge in [0, 0.05) is 25.1 Å². The Hall–Kier alpha value is -2.34. The lowest BCUT2D eigenvalue weighted by Crippen LogP contribution is -2.44. The van der Waals surface area contributed by atoms with Crippen LogP contribution in [0.2, 0.25) is 0 Å². The molecule has 6 nitrogen and oxygen atoms in total. The van der Waals surface area contributed by atoms with Gasteiger partial charge in [0.2, 0.25) is 0 Å². The molecule has 0 radical (unpaired) electrons. The zero-order chi connectivity index (χ0) is 16.1. The number of aromatic nitrogens is 2. The minimum Gasteiger partial charge on any atom is -0.394 e. The first-order valence-electron chi connectivity index (χ1n) is 7.25. The Balaban J connectivity index is 2.08. The van der Waals surface area contributed by atoms with Crippen LogP contribution in [0, 0.1) is 0 Å². The van der Waals surface area contributed by atoms with E-state index in [0.717, 1.165) is 11.3 Å². The molecule has 2 N–H and O–H groups in total. The fourth-order valence-corrected chi connectivity index (χ4v) is 2.06. The average molecular weight is 302 g/mol. The van der Waals surface area contributed by atoms with E-state index in [-0.39, 0.29) is 24.7 Å². The zero-order valence-electron chi connectivity index (χ0n) is 13.1. The first kappa shape index (κ1) is 16.0. The molecule has 2 unspecified atom stereocenters. The highest BCUT2D eigenvalue weighted by Gasteiger charge is 2.17. The van der Waals surface area contributed by atoms with Gasteiger partial charge >= 0.3 is 6.03 Å². The molecule has 0 aliphatic carbocycles. The molecule has 22 heavy (non-hydrogen) atoms. The number of aliphatic hydroxyl groups is 1. The topological polar surface area (TPSA) is 70.4 Å². The maximum absolute atomic E-state index is 12.1. The van der Waals surface area contributed by atoms with Gasteiger partial charge in [-0.1, -0.05) is 12.1 Å². The third-order valence-electron chi connectivity index (χ3n) is 3.76. The summed E-state index contributed by atoms with van der Waals surface area (Å²) in [5.41, 5.74) is 2.00. The van der Waals surface area contributed by atoms with Crippen molar-refractivity contribution in [1.82, 2.24) is 19.8 Å². The third-order valence-corrected chi connectivity index (χ3v) is 3.76. The molecule has 2 aromatic rings. The second-order valence-corrected chi connectivity index (χ2v) is 5.38. The van der Waals surface area contributed by atoms with Gasteiger partial charge in [-0.25, -0.2) is 9.78 Å². The number of hydrogen-bond acceptors (Lipinski definition) is 3. The predicted molar refractivity (Wildman–Crippen MR) is 84.8 cm³/mol. The van der Waals surface area contributed by atoms with Crippen molar-refractivity contribution in [3.05, 3.63) is 48.5 Å². The average Bonchev–Trinajstić information content (AvgIpc) is 3.07. The van der Waals surface area contributed by atoms with Crippen LogP contribution in [0.4, 0.5) is 4.79 Å². The van der Waals surface area contributed by atoms with Gasteiger partial charge in [-0.3, -0.25) is 0 Å². The van der Waals surface area contributed by atoms with E-state index in [1.165, 1.54) is 4.90 Å². The molecular formula is C16H22N4O2. The van der Waals surface area contributed by atoms with Crippen molar-refractivity contribution in [2.75, 3.05) is 13.7 Å². The van der Waals surface area contributed by atoms with Crippen LogP contribution in [0.5, 0.6) is 0 Å². The number of amides is 2. The fraction of sp³-hybridized carbons (Fsp3) is 0.375. The SMILES string of the molecule is CC(NC(=O)N(C)C(C)CO)c1cccc(-n2ccnc2)c1. The molecule has 6 heteroatoms. The molecule has 1 heterocycles. The number of urea groups is 1. The van der Waals surface area contributed by atoms with Gasteiger partial charge in [0.15, 0.2) is 0 Å². The molecule has 0 saturated carbocycles. The number of benzene rings is 1. The van der Waals surface area contributed by atoms with E-state index in [1.807, 2.05) is 42.0 Å². The van der Waals surface area contributed by atoms with E-state index in [2.05, 4.69) is 10.3 Å². The lowest BCUT2D eigenvalue weighted by Gasteiger charge is -2.26. The van der Waals surface area contributed by atoms with E-state index in [0.29, 0.717) is 0 Å². The van der Waals surface area contributed by atoms with Crippen molar-refractivity contribution in [3.8, 4) is 5.69 Å². The van der Waals surface area contributed by atoms with E-state index in [9.17, 15) is 4.79 Å². The van der Waals surface area contributed by atoms with E-state index >= 15 is 0 Å². The van der Waals surface area contributed by atoms with Crippen LogP contribution in [0.3, 0.4) is 0 Å². The third kappa shape index (κ3) is 3.65. The summed E-state index contributed by atoms with van der Waals surface area (Å²) in [4.78, 5) is 17.7. The molecular weight excluding hydrogens is 280 g/mol. The lowest BCUT2D eigenvalue weighted by atomic mass is 10.1. The molecule has 1 aromatic heterocycles. The van der Waals surface area contributed by atoms with Gasteiger partial charge < -0.3 is 19.9 Å². The van der Waals surface area contributed by atoms with Crippen LogP contribution in [0.25, 0.3) is 5.69 Å². The summed E-state index contributed by atoms with van der Waals surface area (Å²) >= 11 is 0. The molecule has 2 rings (SSSR count). The number of imidazole rings is 1. The molecule has 0 spiro atoms. The van der Waals surface area contributed by atoms with Crippen LogP contribution >= 0.6 is 0 Å². The summed E-state index contributed by atoms with van der Waals surface area (Å²) in [5, 5.41) is 12.1. The quantitative estimate of drug-likeness (QED) is 0.887. The standard InChI is InChI=1S/C16H22N4O2/c1-12(10-21)19(3)16(22)18-13(2)14-5-4-6-15(9-14)20-8-7-17-11-20/h4-9,11-13,21H,10H2,1-3H3,(H,18,22). The highest BCUT2D eigenvalue weighted by molar-refractivity contribution is 5.74. The first-order valence-corrected chi connectivity index (χ1v) is 7.25. The maximum atomic E-state index is 12.1. The number of likely N-dealkylation sites (N-methyl/N-ethyl adjacent to an activating group) is 1. The van der Waals surface area contributed by atoms with E-state index < -0.39 is 0 Å². The Labute approximate surface area is 130 Å². The number of carbonyl (C=O) groups excluding carboxylic acids is 1. The highest BCUT2D eigenvalue weighted by atomic mass is 16.3. The van der Waals surface area contributed by atoms with Crippen molar-refractivity contribution in [2.24, 2.45) is 0 Å². The molecule has 0 fully saturated rings. The molecule has 118 valence electrons. The molecule has 1 aromatic carbocycles. The van der Waals surface area contributed by atoms with Crippen LogP contribution in [0.15, 0.2) is 43.0 Å². The Morgan fingerprint density at radius 1 is 1.45 bits per heavy atom. The van der Waals surface area contributed by atoms with Crippen LogP contribution in [-0.2, 0) is 0 Å². The number of aliphatic hydroxyl groups excluding tert-OH is 1. The molecule has 2 atom stereocenters. The van der Waals surface area contributed by atoms with Gasteiger partial charge in [0.1, 0.15) is 0 Å². The van der Waals surface area contributed by atoms with E-state index in [1.54, 1.807) is 26.5 Å². The van der Waals surface area contributed by atoms with Crippen molar-refractivity contribution in [3.63, 3.8) is 0 Å². The Morgan fingerprint density at radius 2 is 2.23 bits per heavy atom. The minimum atomic E-state index is -0.218. The summed E-state index contributed by atoms with van der Waals surface area (Å²) in [7, 11) is 1.67.